The number of benzene rings is 3. The van der Waals surface area contributed by atoms with E-state index in [0.29, 0.717) is 5.69 Å². The van der Waals surface area contributed by atoms with Crippen LogP contribution >= 0.6 is 39.1 Å². The minimum atomic E-state index is -4.63. The van der Waals surface area contributed by atoms with E-state index in [9.17, 15) is 22.4 Å². The smallest absolute Gasteiger partial charge is 0.422 e. The minimum Gasteiger partial charge on any atom is -0.483 e. The van der Waals surface area contributed by atoms with E-state index in [1.165, 1.54) is 24.3 Å². The Labute approximate surface area is 213 Å². The van der Waals surface area contributed by atoms with Gasteiger partial charge in [-0.25, -0.2) is 9.37 Å². The molecule has 0 atom stereocenters. The molecule has 4 rings (SSSR count). The second-order valence-corrected chi connectivity index (χ2v) is 8.89. The molecule has 1 aromatic heterocycles. The molecule has 0 bridgehead atoms. The summed E-state index contributed by atoms with van der Waals surface area (Å²) in [6.07, 6.45) is -4.63. The van der Waals surface area contributed by atoms with E-state index in [4.69, 9.17) is 27.9 Å². The Morgan fingerprint density at radius 2 is 1.77 bits per heavy atom. The molecular weight excluding hydrogens is 579 g/mol. The van der Waals surface area contributed by atoms with Crippen LogP contribution in [0.4, 0.5) is 34.9 Å². The van der Waals surface area contributed by atoms with E-state index in [2.05, 4.69) is 36.5 Å². The van der Waals surface area contributed by atoms with Crippen molar-refractivity contribution in [2.24, 2.45) is 0 Å². The quantitative estimate of drug-likeness (QED) is 0.158. The summed E-state index contributed by atoms with van der Waals surface area (Å²) >= 11 is 15.1. The van der Waals surface area contributed by atoms with Crippen LogP contribution in [0.3, 0.4) is 0 Å². The van der Waals surface area contributed by atoms with Crippen LogP contribution in [-0.2, 0) is 0 Å². The predicted molar refractivity (Wildman–Crippen MR) is 129 cm³/mol. The number of nitrogens with zero attached hydrogens (tertiary/aromatic N) is 1. The maximum atomic E-state index is 14.4. The summed E-state index contributed by atoms with van der Waals surface area (Å²) in [6.45, 7) is -1.62. The lowest BCUT2D eigenvalue weighted by atomic mass is 10.1. The van der Waals surface area contributed by atoms with Crippen molar-refractivity contribution in [2.45, 2.75) is 6.18 Å². The number of amides is 1. The Hall–Kier alpha value is -3.02. The standard InChI is InChI=1S/C22H13BrCl2F4N4O2/c23-10-1-3-11(4-2-10)30-20(34)12-7-15-16(8-17(12)35-9-22(27,28)29)32-21(31-15)33-19-14(25)6-5-13(24)18(19)26/h1-8H,9H2,(H,30,34)(H2,31,32,33). The Morgan fingerprint density at radius 1 is 1.09 bits per heavy atom. The highest BCUT2D eigenvalue weighted by molar-refractivity contribution is 9.10. The van der Waals surface area contributed by atoms with Crippen LogP contribution in [0.15, 0.2) is 53.0 Å². The summed E-state index contributed by atoms with van der Waals surface area (Å²) in [4.78, 5) is 19.9. The topological polar surface area (TPSA) is 79.0 Å². The number of carbonyl (C=O) groups is 1. The molecule has 3 N–H and O–H groups in total. The molecule has 0 radical (unpaired) electrons. The number of anilines is 3. The first-order chi connectivity index (χ1) is 16.5. The molecule has 0 spiro atoms. The first kappa shape index (κ1) is 25.1. The van der Waals surface area contributed by atoms with Gasteiger partial charge < -0.3 is 20.4 Å². The molecule has 35 heavy (non-hydrogen) atoms. The van der Waals surface area contributed by atoms with Gasteiger partial charge in [-0.15, -0.1) is 0 Å². The molecule has 182 valence electrons. The van der Waals surface area contributed by atoms with Crippen LogP contribution in [-0.4, -0.2) is 28.7 Å². The SMILES string of the molecule is O=C(Nc1ccc(Br)cc1)c1cc2[nH]c(Nc3c(Cl)ccc(Cl)c3F)nc2cc1OCC(F)(F)F. The van der Waals surface area contributed by atoms with Crippen molar-refractivity contribution in [1.82, 2.24) is 9.97 Å². The van der Waals surface area contributed by atoms with Gasteiger partial charge in [0.2, 0.25) is 5.95 Å². The van der Waals surface area contributed by atoms with E-state index in [1.54, 1.807) is 24.3 Å². The highest BCUT2D eigenvalue weighted by Gasteiger charge is 2.29. The molecule has 0 unspecified atom stereocenters. The molecule has 0 saturated heterocycles. The Bertz CT molecular complexity index is 1410. The number of rotatable bonds is 6. The molecule has 4 aromatic rings. The van der Waals surface area contributed by atoms with E-state index in [1.807, 2.05) is 0 Å². The van der Waals surface area contributed by atoms with Crippen molar-refractivity contribution in [3.05, 3.63) is 74.4 Å². The lowest BCUT2D eigenvalue weighted by Crippen LogP contribution is -2.21. The third-order valence-corrected chi connectivity index (χ3v) is 5.74. The second-order valence-electron chi connectivity index (χ2n) is 7.16. The fourth-order valence-corrected chi connectivity index (χ4v) is 3.66. The maximum Gasteiger partial charge on any atom is 0.422 e. The largest absolute Gasteiger partial charge is 0.483 e. The van der Waals surface area contributed by atoms with E-state index in [-0.39, 0.29) is 44.0 Å². The number of nitrogens with one attached hydrogen (secondary N) is 3. The Morgan fingerprint density at radius 3 is 2.46 bits per heavy atom. The maximum absolute atomic E-state index is 14.4. The molecule has 0 fully saturated rings. The number of alkyl halides is 3. The van der Waals surface area contributed by atoms with Gasteiger partial charge in [0.05, 0.1) is 32.3 Å². The van der Waals surface area contributed by atoms with Gasteiger partial charge in [0.1, 0.15) is 5.75 Å². The van der Waals surface area contributed by atoms with Crippen molar-refractivity contribution in [3.63, 3.8) is 0 Å². The molecule has 3 aromatic carbocycles. The van der Waals surface area contributed by atoms with Gasteiger partial charge in [-0.2, -0.15) is 13.2 Å². The zero-order chi connectivity index (χ0) is 25.3. The number of carbonyl (C=O) groups excluding carboxylic acids is 1. The van der Waals surface area contributed by atoms with Crippen molar-refractivity contribution in [2.75, 3.05) is 17.2 Å². The summed E-state index contributed by atoms with van der Waals surface area (Å²) in [6, 6.07) is 11.7. The number of hydrogen-bond donors (Lipinski definition) is 3. The van der Waals surface area contributed by atoms with Gasteiger partial charge in [-0.1, -0.05) is 39.1 Å². The van der Waals surface area contributed by atoms with Gasteiger partial charge >= 0.3 is 6.18 Å². The number of halogens is 7. The molecule has 0 aliphatic rings. The molecule has 0 saturated carbocycles. The van der Waals surface area contributed by atoms with Gasteiger partial charge in [-0.3, -0.25) is 4.79 Å². The summed E-state index contributed by atoms with van der Waals surface area (Å²) in [5.74, 6) is -1.85. The number of imidazole rings is 1. The van der Waals surface area contributed by atoms with Crippen LogP contribution in [0.25, 0.3) is 11.0 Å². The summed E-state index contributed by atoms with van der Waals surface area (Å²) in [7, 11) is 0. The van der Waals surface area contributed by atoms with Crippen LogP contribution in [0.1, 0.15) is 10.4 Å². The minimum absolute atomic E-state index is 0.00954. The highest BCUT2D eigenvalue weighted by Crippen LogP contribution is 2.34. The van der Waals surface area contributed by atoms with Crippen LogP contribution in [0.2, 0.25) is 10.0 Å². The predicted octanol–water partition coefficient (Wildman–Crippen LogP) is 7.71. The molecule has 6 nitrogen and oxygen atoms in total. The van der Waals surface area contributed by atoms with Crippen LogP contribution in [0.5, 0.6) is 5.75 Å². The van der Waals surface area contributed by atoms with Crippen molar-refractivity contribution >= 4 is 73.4 Å². The Balaban J connectivity index is 1.70. The first-order valence-corrected chi connectivity index (χ1v) is 11.3. The fraction of sp³-hybridized carbons (Fsp3) is 0.0909. The normalized spacial score (nSPS) is 11.5. The zero-order valence-electron chi connectivity index (χ0n) is 17.2. The second kappa shape index (κ2) is 9.92. The van der Waals surface area contributed by atoms with Gasteiger partial charge in [0, 0.05) is 16.2 Å². The lowest BCUT2D eigenvalue weighted by molar-refractivity contribution is -0.153. The molecule has 1 heterocycles. The average Bonchev–Trinajstić information content (AvgIpc) is 3.19. The number of hydrogen-bond acceptors (Lipinski definition) is 4. The lowest BCUT2D eigenvalue weighted by Gasteiger charge is -2.13. The summed E-state index contributed by atoms with van der Waals surface area (Å²) < 4.78 is 58.5. The first-order valence-electron chi connectivity index (χ1n) is 9.71. The molecule has 13 heteroatoms. The van der Waals surface area contributed by atoms with E-state index >= 15 is 0 Å². The third-order valence-electron chi connectivity index (χ3n) is 4.61. The summed E-state index contributed by atoms with van der Waals surface area (Å²) in [5, 5.41) is 5.11. The van der Waals surface area contributed by atoms with E-state index in [0.717, 1.165) is 4.47 Å². The van der Waals surface area contributed by atoms with Crippen LogP contribution in [0, 0.1) is 5.82 Å². The van der Waals surface area contributed by atoms with Crippen molar-refractivity contribution in [1.29, 1.82) is 0 Å². The fourth-order valence-electron chi connectivity index (χ4n) is 3.05. The molecule has 1 amide bonds. The van der Waals surface area contributed by atoms with Gasteiger partial charge in [-0.05, 0) is 42.5 Å². The number of H-pyrrole nitrogens is 1. The number of aromatic amines is 1. The number of fused-ring (bicyclic) bond motifs is 1. The van der Waals surface area contributed by atoms with Gasteiger partial charge in [0.15, 0.2) is 12.4 Å². The Kier molecular flexibility index (Phi) is 7.11. The van der Waals surface area contributed by atoms with E-state index < -0.39 is 24.5 Å². The molecule has 0 aliphatic carbocycles. The van der Waals surface area contributed by atoms with Crippen molar-refractivity contribution < 1.29 is 27.1 Å². The monoisotopic (exact) mass is 590 g/mol. The number of ether oxygens (including phenoxy) is 1. The van der Waals surface area contributed by atoms with Crippen LogP contribution < -0.4 is 15.4 Å². The summed E-state index contributed by atoms with van der Waals surface area (Å²) in [5.41, 5.74) is 0.514. The molecule has 0 aliphatic heterocycles. The van der Waals surface area contributed by atoms with Gasteiger partial charge in [0.25, 0.3) is 5.91 Å². The highest BCUT2D eigenvalue weighted by atomic mass is 79.9. The van der Waals surface area contributed by atoms with Crippen molar-refractivity contribution in [3.8, 4) is 5.75 Å². The average molecular weight is 592 g/mol. The third kappa shape index (κ3) is 5.98. The zero-order valence-corrected chi connectivity index (χ0v) is 20.3. The molecular formula is C22H13BrCl2F4N4O2. The number of aromatic nitrogens is 2.